The van der Waals surface area contributed by atoms with E-state index in [9.17, 15) is 9.59 Å². The van der Waals surface area contributed by atoms with Gasteiger partial charge in [-0.3, -0.25) is 0 Å². The molecule has 0 aliphatic heterocycles. The maximum atomic E-state index is 12.5. The number of hydrogen-bond donors (Lipinski definition) is 0. The van der Waals surface area contributed by atoms with E-state index in [4.69, 9.17) is 9.47 Å². The van der Waals surface area contributed by atoms with Gasteiger partial charge in [0.25, 0.3) is 0 Å². The van der Waals surface area contributed by atoms with E-state index in [0.29, 0.717) is 5.75 Å². The molecular formula is C19H34O4Sn. The third-order valence-corrected chi connectivity index (χ3v) is 20.6. The van der Waals surface area contributed by atoms with Gasteiger partial charge >= 0.3 is 151 Å². The van der Waals surface area contributed by atoms with Crippen molar-refractivity contribution in [2.24, 2.45) is 0 Å². The summed E-state index contributed by atoms with van der Waals surface area (Å²) in [5, 5.41) is 0. The van der Waals surface area contributed by atoms with E-state index in [1.54, 1.807) is 14.0 Å². The van der Waals surface area contributed by atoms with Crippen molar-refractivity contribution in [1.82, 2.24) is 0 Å². The molecule has 138 valence electrons. The topological polar surface area (TPSA) is 52.6 Å². The summed E-state index contributed by atoms with van der Waals surface area (Å²) in [6.45, 7) is 8.36. The van der Waals surface area contributed by atoms with Gasteiger partial charge in [0.05, 0.1) is 0 Å². The summed E-state index contributed by atoms with van der Waals surface area (Å²) in [7, 11) is 1.55. The monoisotopic (exact) mass is 446 g/mol. The summed E-state index contributed by atoms with van der Waals surface area (Å²) in [6.07, 6.45) is 6.38. The standard InChI is InChI=1S/C7H7O4.3C4H9.Sn/c1-4(10-2)11-6-3-5(8)7(6)9;3*1-3-4-2;/h4H,1-2H3;3*1,3-4H2,2H3;. The van der Waals surface area contributed by atoms with Crippen LogP contribution in [0.4, 0.5) is 0 Å². The second-order valence-corrected chi connectivity index (χ2v) is 19.9. The predicted molar refractivity (Wildman–Crippen MR) is 103 cm³/mol. The van der Waals surface area contributed by atoms with Crippen LogP contribution in [0.3, 0.4) is 0 Å². The number of ether oxygens (including phenoxy) is 2. The first-order chi connectivity index (χ1) is 11.5. The molecule has 0 saturated heterocycles. The molecular weight excluding hydrogens is 411 g/mol. The van der Waals surface area contributed by atoms with Crippen LogP contribution in [-0.4, -0.2) is 31.8 Å². The van der Waals surface area contributed by atoms with Gasteiger partial charge in [0.1, 0.15) is 0 Å². The van der Waals surface area contributed by atoms with Crippen LogP contribution in [0.15, 0.2) is 9.59 Å². The van der Waals surface area contributed by atoms with Gasteiger partial charge in [0.15, 0.2) is 0 Å². The third kappa shape index (κ3) is 5.07. The van der Waals surface area contributed by atoms with Crippen LogP contribution < -0.4 is 19.2 Å². The fourth-order valence-corrected chi connectivity index (χ4v) is 20.1. The van der Waals surface area contributed by atoms with Crippen LogP contribution in [0.25, 0.3) is 0 Å². The Kier molecular flexibility index (Phi) is 9.57. The molecule has 0 saturated carbocycles. The zero-order chi connectivity index (χ0) is 18.2. The molecule has 0 aliphatic carbocycles. The van der Waals surface area contributed by atoms with Crippen molar-refractivity contribution in [1.29, 1.82) is 0 Å². The molecule has 0 radical (unpaired) electrons. The Hall–Kier alpha value is -0.361. The second kappa shape index (κ2) is 10.6. The van der Waals surface area contributed by atoms with Crippen molar-refractivity contribution in [2.75, 3.05) is 7.11 Å². The van der Waals surface area contributed by atoms with Crippen LogP contribution >= 0.6 is 0 Å². The SMILES string of the molecule is CCC[CH2][Sn]([CH2]CCC)([CH2]CCC)[c]1c(OC(C)OC)c(=O)c1=O. The summed E-state index contributed by atoms with van der Waals surface area (Å²) in [5.74, 6) is 0.355. The first-order valence-electron chi connectivity index (χ1n) is 9.50. The van der Waals surface area contributed by atoms with Gasteiger partial charge in [0, 0.05) is 0 Å². The van der Waals surface area contributed by atoms with Gasteiger partial charge in [-0.1, -0.05) is 0 Å². The van der Waals surface area contributed by atoms with Crippen LogP contribution in [0.5, 0.6) is 5.75 Å². The molecule has 1 aromatic rings. The summed E-state index contributed by atoms with van der Waals surface area (Å²) < 4.78 is 15.2. The predicted octanol–water partition coefficient (Wildman–Crippen LogP) is 3.71. The molecule has 0 heterocycles. The first-order valence-corrected chi connectivity index (χ1v) is 17.0. The molecule has 0 aliphatic rings. The van der Waals surface area contributed by atoms with E-state index in [1.807, 2.05) is 0 Å². The molecule has 1 atom stereocenters. The van der Waals surface area contributed by atoms with E-state index in [0.717, 1.165) is 55.4 Å². The first kappa shape index (κ1) is 21.7. The molecule has 24 heavy (non-hydrogen) atoms. The molecule has 1 unspecified atom stereocenters. The van der Waals surface area contributed by atoms with Gasteiger partial charge in [-0.2, -0.15) is 0 Å². The van der Waals surface area contributed by atoms with Crippen molar-refractivity contribution >= 4 is 22.0 Å². The Balaban J connectivity index is 3.27. The Labute approximate surface area is 150 Å². The number of hydrogen-bond acceptors (Lipinski definition) is 4. The molecule has 0 aromatic heterocycles. The minimum atomic E-state index is -2.91. The second-order valence-electron chi connectivity index (χ2n) is 6.87. The molecule has 5 heteroatoms. The number of unbranched alkanes of at least 4 members (excludes halogenated alkanes) is 3. The fourth-order valence-electron chi connectivity index (χ4n) is 3.47. The molecule has 1 rings (SSSR count). The zero-order valence-electron chi connectivity index (χ0n) is 16.1. The van der Waals surface area contributed by atoms with Crippen molar-refractivity contribution in [3.8, 4) is 5.75 Å². The van der Waals surface area contributed by atoms with Crippen LogP contribution in [0.1, 0.15) is 66.2 Å². The molecule has 4 nitrogen and oxygen atoms in total. The molecule has 1 aromatic carbocycles. The fraction of sp³-hybridized carbons (Fsp3) is 0.789. The zero-order valence-corrected chi connectivity index (χ0v) is 18.9. The van der Waals surface area contributed by atoms with Gasteiger partial charge in [0.2, 0.25) is 0 Å². The quantitative estimate of drug-likeness (QED) is 0.264. The van der Waals surface area contributed by atoms with E-state index in [-0.39, 0.29) is 5.43 Å². The van der Waals surface area contributed by atoms with Gasteiger partial charge in [-0.15, -0.1) is 0 Å². The van der Waals surface area contributed by atoms with Crippen LogP contribution in [-0.2, 0) is 4.74 Å². The Bertz CT molecular complexity index is 538. The number of rotatable bonds is 13. The summed E-state index contributed by atoms with van der Waals surface area (Å²) in [4.78, 5) is 24.6. The Morgan fingerprint density at radius 1 is 0.875 bits per heavy atom. The summed E-state index contributed by atoms with van der Waals surface area (Å²) >= 11 is -2.91. The molecule has 0 amide bonds. The average molecular weight is 445 g/mol. The van der Waals surface area contributed by atoms with Crippen LogP contribution in [0, 0.1) is 0 Å². The molecule has 0 N–H and O–H groups in total. The summed E-state index contributed by atoms with van der Waals surface area (Å²) in [5.41, 5.74) is -0.674. The molecule has 0 spiro atoms. The van der Waals surface area contributed by atoms with Gasteiger partial charge < -0.3 is 0 Å². The number of methoxy groups -OCH3 is 1. The Morgan fingerprint density at radius 2 is 1.33 bits per heavy atom. The van der Waals surface area contributed by atoms with Gasteiger partial charge in [-0.05, 0) is 0 Å². The summed E-state index contributed by atoms with van der Waals surface area (Å²) in [6, 6.07) is 0. The van der Waals surface area contributed by atoms with E-state index >= 15 is 0 Å². The van der Waals surface area contributed by atoms with Crippen molar-refractivity contribution in [3.63, 3.8) is 0 Å². The van der Waals surface area contributed by atoms with E-state index in [1.165, 1.54) is 0 Å². The van der Waals surface area contributed by atoms with Crippen LogP contribution in [0.2, 0.25) is 13.3 Å². The maximum absolute atomic E-state index is 12.5. The average Bonchev–Trinajstić information content (AvgIpc) is 2.61. The van der Waals surface area contributed by atoms with E-state index < -0.39 is 30.1 Å². The normalized spacial score (nSPS) is 13.4. The minimum absolute atomic E-state index is 0.243. The van der Waals surface area contributed by atoms with Crippen molar-refractivity contribution in [3.05, 3.63) is 20.4 Å². The Morgan fingerprint density at radius 3 is 1.71 bits per heavy atom. The van der Waals surface area contributed by atoms with Crippen molar-refractivity contribution in [2.45, 2.75) is 85.8 Å². The molecule has 0 fully saturated rings. The van der Waals surface area contributed by atoms with Crippen molar-refractivity contribution < 1.29 is 9.47 Å². The van der Waals surface area contributed by atoms with Gasteiger partial charge in [-0.25, -0.2) is 0 Å². The molecule has 0 bridgehead atoms. The third-order valence-electron chi connectivity index (χ3n) is 5.04. The van der Waals surface area contributed by atoms with E-state index in [2.05, 4.69) is 20.8 Å².